The van der Waals surface area contributed by atoms with E-state index in [4.69, 9.17) is 9.47 Å². The summed E-state index contributed by atoms with van der Waals surface area (Å²) in [5, 5.41) is 6.85. The van der Waals surface area contributed by atoms with E-state index in [0.717, 1.165) is 16.8 Å². The number of aromatic nitrogens is 2. The predicted octanol–water partition coefficient (Wildman–Crippen LogP) is 1.71. The normalized spacial score (nSPS) is 16.0. The van der Waals surface area contributed by atoms with Crippen LogP contribution in [0.3, 0.4) is 0 Å². The number of hydrogen-bond donors (Lipinski definition) is 1. The lowest BCUT2D eigenvalue weighted by Gasteiger charge is -2.35. The Kier molecular flexibility index (Phi) is 7.99. The number of hydrogen-bond acceptors (Lipinski definition) is 6. The highest BCUT2D eigenvalue weighted by Crippen LogP contribution is 2.31. The quantitative estimate of drug-likeness (QED) is 0.654. The summed E-state index contributed by atoms with van der Waals surface area (Å²) in [5.74, 6) is -0.485. The number of benzene rings is 1. The summed E-state index contributed by atoms with van der Waals surface area (Å²) in [4.78, 5) is 26.6. The van der Waals surface area contributed by atoms with Gasteiger partial charge in [-0.25, -0.2) is 4.68 Å². The standard InChI is InChI=1S/C21H25F3N4O4/c1-31-11-10-28-19(29)7-6-17(26-28)20(30)25-14-18(27-8-12-32-13-9-27)15-2-4-16(5-3-15)21(22,23)24/h2-7,18H,8-14H2,1H3,(H,25,30). The van der Waals surface area contributed by atoms with Gasteiger partial charge in [0.05, 0.1) is 38.0 Å². The smallest absolute Gasteiger partial charge is 0.383 e. The second-order valence-electron chi connectivity index (χ2n) is 7.27. The van der Waals surface area contributed by atoms with Gasteiger partial charge in [0.2, 0.25) is 0 Å². The summed E-state index contributed by atoms with van der Waals surface area (Å²) in [6, 6.07) is 7.19. The molecule has 0 radical (unpaired) electrons. The maximum atomic E-state index is 12.9. The highest BCUT2D eigenvalue weighted by atomic mass is 19.4. The highest BCUT2D eigenvalue weighted by Gasteiger charge is 2.31. The fourth-order valence-corrected chi connectivity index (χ4v) is 3.43. The fourth-order valence-electron chi connectivity index (χ4n) is 3.43. The van der Waals surface area contributed by atoms with E-state index in [2.05, 4.69) is 15.3 Å². The summed E-state index contributed by atoms with van der Waals surface area (Å²) in [7, 11) is 1.49. The molecule has 2 heterocycles. The summed E-state index contributed by atoms with van der Waals surface area (Å²) in [5.41, 5.74) is -0.366. The van der Waals surface area contributed by atoms with Gasteiger partial charge in [-0.2, -0.15) is 18.3 Å². The molecule has 1 unspecified atom stereocenters. The van der Waals surface area contributed by atoms with E-state index >= 15 is 0 Å². The first-order valence-electron chi connectivity index (χ1n) is 10.1. The molecule has 174 valence electrons. The van der Waals surface area contributed by atoms with Crippen LogP contribution >= 0.6 is 0 Å². The average Bonchev–Trinajstić information content (AvgIpc) is 2.79. The molecular weight excluding hydrogens is 429 g/mol. The molecule has 11 heteroatoms. The Morgan fingerprint density at radius 1 is 1.19 bits per heavy atom. The third kappa shape index (κ3) is 6.15. The molecule has 1 aromatic carbocycles. The molecule has 3 rings (SSSR count). The number of halogens is 3. The fraction of sp³-hybridized carbons (Fsp3) is 0.476. The van der Waals surface area contributed by atoms with Gasteiger partial charge >= 0.3 is 6.18 Å². The van der Waals surface area contributed by atoms with Crippen molar-refractivity contribution >= 4 is 5.91 Å². The zero-order valence-corrected chi connectivity index (χ0v) is 17.6. The van der Waals surface area contributed by atoms with Crippen molar-refractivity contribution in [3.8, 4) is 0 Å². The molecule has 1 saturated heterocycles. The number of carbonyl (C=O) groups excluding carboxylic acids is 1. The molecule has 1 aliphatic heterocycles. The summed E-state index contributed by atoms with van der Waals surface area (Å²) < 4.78 is 50.3. The van der Waals surface area contributed by atoms with Gasteiger partial charge < -0.3 is 14.8 Å². The molecule has 1 fully saturated rings. The Morgan fingerprint density at radius 2 is 1.88 bits per heavy atom. The second kappa shape index (κ2) is 10.7. The highest BCUT2D eigenvalue weighted by molar-refractivity contribution is 5.92. The minimum atomic E-state index is -4.42. The molecule has 32 heavy (non-hydrogen) atoms. The van der Waals surface area contributed by atoms with Crippen LogP contribution in [0.4, 0.5) is 13.2 Å². The molecule has 1 N–H and O–H groups in total. The Labute approximate surface area is 182 Å². The van der Waals surface area contributed by atoms with Crippen molar-refractivity contribution in [3.05, 3.63) is 63.6 Å². The van der Waals surface area contributed by atoms with Gasteiger partial charge in [0.25, 0.3) is 11.5 Å². The minimum absolute atomic E-state index is 0.0637. The van der Waals surface area contributed by atoms with Crippen molar-refractivity contribution in [2.45, 2.75) is 18.8 Å². The van der Waals surface area contributed by atoms with Crippen LogP contribution < -0.4 is 10.9 Å². The lowest BCUT2D eigenvalue weighted by atomic mass is 10.0. The Hall–Kier alpha value is -2.76. The van der Waals surface area contributed by atoms with Crippen LogP contribution in [0.15, 0.2) is 41.2 Å². The number of ether oxygens (including phenoxy) is 2. The molecule has 0 spiro atoms. The molecule has 2 aromatic rings. The average molecular weight is 454 g/mol. The number of nitrogens with one attached hydrogen (secondary N) is 1. The number of methoxy groups -OCH3 is 1. The van der Waals surface area contributed by atoms with Gasteiger partial charge in [-0.1, -0.05) is 12.1 Å². The molecule has 0 bridgehead atoms. The first kappa shape index (κ1) is 23.9. The van der Waals surface area contributed by atoms with Crippen molar-refractivity contribution in [1.29, 1.82) is 0 Å². The molecule has 0 saturated carbocycles. The molecule has 0 aliphatic carbocycles. The maximum Gasteiger partial charge on any atom is 0.416 e. The van der Waals surface area contributed by atoms with Gasteiger partial charge in [0, 0.05) is 32.8 Å². The monoisotopic (exact) mass is 454 g/mol. The second-order valence-corrected chi connectivity index (χ2v) is 7.27. The maximum absolute atomic E-state index is 12.9. The third-order valence-corrected chi connectivity index (χ3v) is 5.17. The molecule has 1 atom stereocenters. The van der Waals surface area contributed by atoms with E-state index in [1.165, 1.54) is 31.4 Å². The topological polar surface area (TPSA) is 85.7 Å². The lowest BCUT2D eigenvalue weighted by molar-refractivity contribution is -0.137. The predicted molar refractivity (Wildman–Crippen MR) is 109 cm³/mol. The van der Waals surface area contributed by atoms with Crippen molar-refractivity contribution < 1.29 is 27.4 Å². The van der Waals surface area contributed by atoms with Crippen molar-refractivity contribution in [2.24, 2.45) is 0 Å². The number of carbonyl (C=O) groups is 1. The zero-order valence-electron chi connectivity index (χ0n) is 17.6. The van der Waals surface area contributed by atoms with Crippen molar-refractivity contribution in [3.63, 3.8) is 0 Å². The van der Waals surface area contributed by atoms with E-state index in [1.54, 1.807) is 0 Å². The van der Waals surface area contributed by atoms with E-state index in [0.29, 0.717) is 31.9 Å². The molecule has 1 aromatic heterocycles. The zero-order chi connectivity index (χ0) is 23.1. The van der Waals surface area contributed by atoms with Gasteiger partial charge in [-0.3, -0.25) is 14.5 Å². The lowest BCUT2D eigenvalue weighted by Crippen LogP contribution is -2.44. The van der Waals surface area contributed by atoms with Crippen LogP contribution in [0, 0.1) is 0 Å². The molecule has 1 aliphatic rings. The Morgan fingerprint density at radius 3 is 2.50 bits per heavy atom. The summed E-state index contributed by atoms with van der Waals surface area (Å²) >= 11 is 0. The van der Waals surface area contributed by atoms with E-state index in [-0.39, 0.29) is 37.0 Å². The molecular formula is C21H25F3N4O4. The minimum Gasteiger partial charge on any atom is -0.383 e. The number of alkyl halides is 3. The van der Waals surface area contributed by atoms with Crippen LogP contribution in [0.2, 0.25) is 0 Å². The van der Waals surface area contributed by atoms with Crippen molar-refractivity contribution in [2.75, 3.05) is 46.6 Å². The number of rotatable bonds is 8. The van der Waals surface area contributed by atoms with Gasteiger partial charge in [0.15, 0.2) is 0 Å². The first-order chi connectivity index (χ1) is 15.3. The summed E-state index contributed by atoms with van der Waals surface area (Å²) in [6.07, 6.45) is -4.42. The van der Waals surface area contributed by atoms with Crippen LogP contribution in [0.1, 0.15) is 27.7 Å². The molecule has 8 nitrogen and oxygen atoms in total. The largest absolute Gasteiger partial charge is 0.416 e. The number of nitrogens with zero attached hydrogens (tertiary/aromatic N) is 3. The van der Waals surface area contributed by atoms with E-state index < -0.39 is 17.6 Å². The summed E-state index contributed by atoms with van der Waals surface area (Å²) in [6.45, 7) is 2.80. The number of morpholine rings is 1. The van der Waals surface area contributed by atoms with Crippen LogP contribution in [0.25, 0.3) is 0 Å². The van der Waals surface area contributed by atoms with Crippen LogP contribution in [-0.4, -0.2) is 67.2 Å². The van der Waals surface area contributed by atoms with Crippen LogP contribution in [0.5, 0.6) is 0 Å². The van der Waals surface area contributed by atoms with E-state index in [9.17, 15) is 22.8 Å². The van der Waals surface area contributed by atoms with Crippen molar-refractivity contribution in [1.82, 2.24) is 20.0 Å². The Bertz CT molecular complexity index is 957. The first-order valence-corrected chi connectivity index (χ1v) is 10.1. The van der Waals surface area contributed by atoms with Crippen LogP contribution in [-0.2, 0) is 22.2 Å². The van der Waals surface area contributed by atoms with E-state index in [1.807, 2.05) is 0 Å². The number of amides is 1. The van der Waals surface area contributed by atoms with Gasteiger partial charge in [-0.05, 0) is 23.8 Å². The third-order valence-electron chi connectivity index (χ3n) is 5.17. The SMILES string of the molecule is COCCn1nc(C(=O)NCC(c2ccc(C(F)(F)F)cc2)N2CCOCC2)ccc1=O. The molecule has 1 amide bonds. The van der Waals surface area contributed by atoms with Gasteiger partial charge in [-0.15, -0.1) is 0 Å². The van der Waals surface area contributed by atoms with Gasteiger partial charge in [0.1, 0.15) is 5.69 Å². The Balaban J connectivity index is 1.75.